The first kappa shape index (κ1) is 18.7. The number of nitrogens with one attached hydrogen (secondary N) is 1. The Hall–Kier alpha value is -3.05. The Labute approximate surface area is 158 Å². The summed E-state index contributed by atoms with van der Waals surface area (Å²) in [6, 6.07) is 16.3. The molecule has 0 atom stereocenters. The highest BCUT2D eigenvalue weighted by Gasteiger charge is 2.10. The minimum absolute atomic E-state index is 0.130. The van der Waals surface area contributed by atoms with E-state index in [2.05, 4.69) is 5.32 Å². The summed E-state index contributed by atoms with van der Waals surface area (Å²) >= 11 is 0. The van der Waals surface area contributed by atoms with Gasteiger partial charge in [-0.1, -0.05) is 6.92 Å². The Bertz CT molecular complexity index is 912. The second-order valence-corrected chi connectivity index (χ2v) is 6.28. The summed E-state index contributed by atoms with van der Waals surface area (Å²) in [5, 5.41) is 12.0. The summed E-state index contributed by atoms with van der Waals surface area (Å²) in [7, 11) is 0. The lowest BCUT2D eigenvalue weighted by Gasteiger charge is -2.10. The van der Waals surface area contributed by atoms with E-state index >= 15 is 0 Å². The number of ether oxygens (including phenoxy) is 1. The summed E-state index contributed by atoms with van der Waals surface area (Å²) in [5.74, 6) is 1.80. The normalized spacial score (nSPS) is 10.6. The van der Waals surface area contributed by atoms with Gasteiger partial charge in [0.1, 0.15) is 23.9 Å². The molecule has 5 heteroatoms. The maximum absolute atomic E-state index is 12.4. The van der Waals surface area contributed by atoms with Crippen LogP contribution in [-0.2, 0) is 6.61 Å². The van der Waals surface area contributed by atoms with Crippen molar-refractivity contribution in [3.05, 3.63) is 71.5 Å². The lowest BCUT2D eigenvalue weighted by atomic mass is 10.1. The van der Waals surface area contributed by atoms with Gasteiger partial charge in [-0.25, -0.2) is 0 Å². The van der Waals surface area contributed by atoms with Gasteiger partial charge in [0.25, 0.3) is 5.91 Å². The number of carbonyl (C=O) groups excluding carboxylic acids is 1. The van der Waals surface area contributed by atoms with Crippen LogP contribution < -0.4 is 10.1 Å². The summed E-state index contributed by atoms with van der Waals surface area (Å²) < 4.78 is 11.1. The predicted molar refractivity (Wildman–Crippen MR) is 105 cm³/mol. The monoisotopic (exact) mass is 365 g/mol. The van der Waals surface area contributed by atoms with E-state index in [1.165, 1.54) is 0 Å². The number of rotatable bonds is 7. The number of furan rings is 1. The van der Waals surface area contributed by atoms with Crippen molar-refractivity contribution in [2.45, 2.75) is 26.9 Å². The van der Waals surface area contributed by atoms with Crippen molar-refractivity contribution in [2.24, 2.45) is 0 Å². The zero-order chi connectivity index (χ0) is 19.2. The van der Waals surface area contributed by atoms with Crippen LogP contribution in [0.5, 0.6) is 5.75 Å². The van der Waals surface area contributed by atoms with Crippen molar-refractivity contribution in [1.82, 2.24) is 0 Å². The molecule has 2 N–H and O–H groups in total. The molecule has 0 aliphatic carbocycles. The molecule has 1 aromatic heterocycles. The van der Waals surface area contributed by atoms with E-state index in [1.807, 2.05) is 38.1 Å². The minimum atomic E-state index is -0.176. The highest BCUT2D eigenvalue weighted by molar-refractivity contribution is 6.04. The minimum Gasteiger partial charge on any atom is -0.494 e. The Morgan fingerprint density at radius 2 is 1.89 bits per heavy atom. The summed E-state index contributed by atoms with van der Waals surface area (Å²) in [5.41, 5.74) is 3.17. The Kier molecular flexibility index (Phi) is 5.94. The summed E-state index contributed by atoms with van der Waals surface area (Å²) in [6.45, 7) is 4.53. The van der Waals surface area contributed by atoms with Gasteiger partial charge < -0.3 is 19.6 Å². The molecule has 0 unspecified atom stereocenters. The van der Waals surface area contributed by atoms with E-state index in [-0.39, 0.29) is 12.5 Å². The van der Waals surface area contributed by atoms with Crippen molar-refractivity contribution in [3.63, 3.8) is 0 Å². The summed E-state index contributed by atoms with van der Waals surface area (Å²) in [6.07, 6.45) is 0.941. The molecule has 1 amide bonds. The topological polar surface area (TPSA) is 71.7 Å². The number of aliphatic hydroxyl groups excluding tert-OH is 1. The highest BCUT2D eigenvalue weighted by atomic mass is 16.5. The Morgan fingerprint density at radius 1 is 1.11 bits per heavy atom. The Balaban J connectivity index is 1.70. The number of anilines is 1. The van der Waals surface area contributed by atoms with Crippen molar-refractivity contribution < 1.29 is 19.1 Å². The number of hydrogen-bond acceptors (Lipinski definition) is 4. The van der Waals surface area contributed by atoms with Crippen LogP contribution in [0.4, 0.5) is 5.69 Å². The fourth-order valence-electron chi connectivity index (χ4n) is 2.75. The van der Waals surface area contributed by atoms with E-state index in [9.17, 15) is 4.79 Å². The van der Waals surface area contributed by atoms with Crippen LogP contribution in [0.25, 0.3) is 11.3 Å². The molecule has 3 rings (SSSR count). The molecule has 0 saturated carbocycles. The largest absolute Gasteiger partial charge is 0.494 e. The molecule has 0 bridgehead atoms. The second kappa shape index (κ2) is 8.56. The number of amides is 1. The van der Waals surface area contributed by atoms with Gasteiger partial charge in [0.05, 0.1) is 6.61 Å². The molecule has 0 aliphatic rings. The first-order valence-corrected chi connectivity index (χ1v) is 8.95. The van der Waals surface area contributed by atoms with Crippen LogP contribution in [0.1, 0.15) is 35.0 Å². The van der Waals surface area contributed by atoms with Gasteiger partial charge in [-0.3, -0.25) is 4.79 Å². The molecule has 0 fully saturated rings. The van der Waals surface area contributed by atoms with Gasteiger partial charge >= 0.3 is 0 Å². The highest BCUT2D eigenvalue weighted by Crippen LogP contribution is 2.28. The fraction of sp³-hybridized carbons (Fsp3) is 0.227. The molecule has 5 nitrogen and oxygen atoms in total. The van der Waals surface area contributed by atoms with Crippen LogP contribution >= 0.6 is 0 Å². The molecule has 27 heavy (non-hydrogen) atoms. The molecule has 0 saturated heterocycles. The average Bonchev–Trinajstić information content (AvgIpc) is 3.16. The number of carbonyl (C=O) groups is 1. The standard InChI is InChI=1S/C22H23NO4/c1-3-12-26-18-7-4-16(5-8-18)22(25)23-17-6-10-20(15(2)13-17)21-11-9-19(14-24)27-21/h4-11,13,24H,3,12,14H2,1-2H3,(H,23,25). The molecular formula is C22H23NO4. The quantitative estimate of drug-likeness (QED) is 0.631. The van der Waals surface area contributed by atoms with Crippen molar-refractivity contribution >= 4 is 11.6 Å². The molecule has 2 aromatic carbocycles. The number of hydrogen-bond donors (Lipinski definition) is 2. The Morgan fingerprint density at radius 3 is 2.52 bits per heavy atom. The fourth-order valence-corrected chi connectivity index (χ4v) is 2.75. The van der Waals surface area contributed by atoms with Gasteiger partial charge in [-0.15, -0.1) is 0 Å². The molecular weight excluding hydrogens is 342 g/mol. The average molecular weight is 365 g/mol. The lowest BCUT2D eigenvalue weighted by Crippen LogP contribution is -2.12. The van der Waals surface area contributed by atoms with Crippen molar-refractivity contribution in [2.75, 3.05) is 11.9 Å². The third-order valence-corrected chi connectivity index (χ3v) is 4.16. The smallest absolute Gasteiger partial charge is 0.255 e. The zero-order valence-electron chi connectivity index (χ0n) is 15.5. The van der Waals surface area contributed by atoms with E-state index in [0.717, 1.165) is 23.3 Å². The van der Waals surface area contributed by atoms with Crippen LogP contribution in [0.3, 0.4) is 0 Å². The maximum atomic E-state index is 12.4. The van der Waals surface area contributed by atoms with Crippen LogP contribution in [0, 0.1) is 6.92 Å². The van der Waals surface area contributed by atoms with E-state index < -0.39 is 0 Å². The first-order chi connectivity index (χ1) is 13.1. The van der Waals surface area contributed by atoms with Crippen LogP contribution in [0.2, 0.25) is 0 Å². The number of aryl methyl sites for hydroxylation is 1. The van der Waals surface area contributed by atoms with E-state index in [0.29, 0.717) is 29.4 Å². The van der Waals surface area contributed by atoms with Gasteiger partial charge in [0, 0.05) is 16.8 Å². The first-order valence-electron chi connectivity index (χ1n) is 8.95. The van der Waals surface area contributed by atoms with Gasteiger partial charge in [-0.05, 0) is 73.5 Å². The molecule has 3 aromatic rings. The maximum Gasteiger partial charge on any atom is 0.255 e. The molecule has 0 radical (unpaired) electrons. The van der Waals surface area contributed by atoms with Crippen LogP contribution in [-0.4, -0.2) is 17.6 Å². The molecule has 140 valence electrons. The van der Waals surface area contributed by atoms with Gasteiger partial charge in [0.15, 0.2) is 0 Å². The lowest BCUT2D eigenvalue weighted by molar-refractivity contribution is 0.102. The van der Waals surface area contributed by atoms with E-state index in [4.69, 9.17) is 14.3 Å². The van der Waals surface area contributed by atoms with Gasteiger partial charge in [-0.2, -0.15) is 0 Å². The third kappa shape index (κ3) is 4.57. The van der Waals surface area contributed by atoms with E-state index in [1.54, 1.807) is 30.3 Å². The van der Waals surface area contributed by atoms with Gasteiger partial charge in [0.2, 0.25) is 0 Å². The van der Waals surface area contributed by atoms with Crippen molar-refractivity contribution in [1.29, 1.82) is 0 Å². The predicted octanol–water partition coefficient (Wildman–Crippen LogP) is 4.79. The van der Waals surface area contributed by atoms with Crippen LogP contribution in [0.15, 0.2) is 59.0 Å². The molecule has 0 spiro atoms. The molecule has 1 heterocycles. The molecule has 0 aliphatic heterocycles. The third-order valence-electron chi connectivity index (χ3n) is 4.16. The zero-order valence-corrected chi connectivity index (χ0v) is 15.5. The second-order valence-electron chi connectivity index (χ2n) is 6.28. The van der Waals surface area contributed by atoms with Crippen molar-refractivity contribution in [3.8, 4) is 17.1 Å². The summed E-state index contributed by atoms with van der Waals surface area (Å²) in [4.78, 5) is 12.4. The SMILES string of the molecule is CCCOc1ccc(C(=O)Nc2ccc(-c3ccc(CO)o3)c(C)c2)cc1. The number of benzene rings is 2. The number of aliphatic hydroxyl groups is 1.